The van der Waals surface area contributed by atoms with Gasteiger partial charge in [-0.1, -0.05) is 44.2 Å². The van der Waals surface area contributed by atoms with Crippen LogP contribution in [0.15, 0.2) is 54.6 Å². The van der Waals surface area contributed by atoms with Gasteiger partial charge in [-0.15, -0.1) is 10.3 Å². The fourth-order valence-electron chi connectivity index (χ4n) is 4.69. The van der Waals surface area contributed by atoms with Gasteiger partial charge in [0.2, 0.25) is 5.75 Å². The molecule has 1 unspecified atom stereocenters. The van der Waals surface area contributed by atoms with Gasteiger partial charge >= 0.3 is 0 Å². The minimum Gasteiger partial charge on any atom is -0.769 e. The highest BCUT2D eigenvalue weighted by atomic mass is 16.8. The summed E-state index contributed by atoms with van der Waals surface area (Å²) in [6.45, 7) is 4.69. The van der Waals surface area contributed by atoms with Crippen LogP contribution in [0.3, 0.4) is 0 Å². The number of hydroxylamine groups is 2. The van der Waals surface area contributed by atoms with Crippen molar-refractivity contribution in [3.8, 4) is 17.2 Å². The van der Waals surface area contributed by atoms with Crippen LogP contribution in [0.1, 0.15) is 43.0 Å². The van der Waals surface area contributed by atoms with Crippen molar-refractivity contribution in [3.63, 3.8) is 0 Å². The van der Waals surface area contributed by atoms with Crippen molar-refractivity contribution in [2.75, 3.05) is 29.3 Å². The van der Waals surface area contributed by atoms with E-state index < -0.39 is 44.5 Å². The molecular formula is C27H31N4O9-3. The van der Waals surface area contributed by atoms with Crippen LogP contribution < -0.4 is 30.0 Å². The third-order valence-corrected chi connectivity index (χ3v) is 6.54. The molecule has 1 aliphatic rings. The summed E-state index contributed by atoms with van der Waals surface area (Å²) in [5, 5.41) is 63.6. The van der Waals surface area contributed by atoms with E-state index in [1.165, 1.54) is 0 Å². The topological polar surface area (TPSA) is 171 Å². The summed E-state index contributed by atoms with van der Waals surface area (Å²) in [5.41, 5.74) is 0.921. The Morgan fingerprint density at radius 3 is 2.27 bits per heavy atom. The van der Waals surface area contributed by atoms with E-state index in [1.807, 2.05) is 56.3 Å². The third-order valence-electron chi connectivity index (χ3n) is 6.54. The van der Waals surface area contributed by atoms with Crippen LogP contribution in [-0.4, -0.2) is 34.3 Å². The van der Waals surface area contributed by atoms with E-state index in [2.05, 4.69) is 0 Å². The van der Waals surface area contributed by atoms with E-state index in [1.54, 1.807) is 12.2 Å². The molecule has 1 atom stereocenters. The first-order valence-electron chi connectivity index (χ1n) is 12.6. The van der Waals surface area contributed by atoms with Crippen LogP contribution >= 0.6 is 0 Å². The van der Waals surface area contributed by atoms with Crippen LogP contribution in [0.5, 0.6) is 17.2 Å². The van der Waals surface area contributed by atoms with E-state index in [-0.39, 0.29) is 5.92 Å². The van der Waals surface area contributed by atoms with Gasteiger partial charge in [0.15, 0.2) is 11.5 Å². The van der Waals surface area contributed by atoms with Gasteiger partial charge in [-0.3, -0.25) is 15.6 Å². The van der Waals surface area contributed by atoms with Gasteiger partial charge in [0.05, 0.1) is 13.2 Å². The smallest absolute Gasteiger partial charge is 0.200 e. The van der Waals surface area contributed by atoms with E-state index in [4.69, 9.17) is 14.3 Å². The van der Waals surface area contributed by atoms with Crippen LogP contribution in [0.25, 0.3) is 0 Å². The molecule has 0 fully saturated rings. The van der Waals surface area contributed by atoms with Crippen molar-refractivity contribution in [1.29, 1.82) is 0 Å². The zero-order valence-corrected chi connectivity index (χ0v) is 22.3. The first-order chi connectivity index (χ1) is 19.1. The Bertz CT molecular complexity index is 1260. The lowest BCUT2D eigenvalue weighted by molar-refractivity contribution is -0.109. The standard InChI is InChI=1S/C27H31N4O9/c1-17(2)11-22-21-15-26(39-16-18-7-5-4-6-8-18)25(38-3)12-19(21)9-10-28(22)40-27-23(30(34)35)13-20(29(32)33)14-24(27)31(36)37/h4-8,12-15,17,22,34-36H,9-11,16H2,1-3H3/q-3. The van der Waals surface area contributed by atoms with Gasteiger partial charge in [0.1, 0.15) is 18.0 Å². The first kappa shape index (κ1) is 29.2. The Hall–Kier alpha value is -3.82. The molecule has 0 saturated carbocycles. The van der Waals surface area contributed by atoms with Gasteiger partial charge in [-0.05, 0) is 59.7 Å². The summed E-state index contributed by atoms with van der Waals surface area (Å²) in [6.07, 6.45) is 1.09. The number of ether oxygens (including phenoxy) is 2. The molecule has 3 aromatic rings. The van der Waals surface area contributed by atoms with Gasteiger partial charge in [-0.2, -0.15) is 0 Å². The summed E-state index contributed by atoms with van der Waals surface area (Å²) in [4.78, 5) is 6.05. The largest absolute Gasteiger partial charge is 0.769 e. The fourth-order valence-corrected chi connectivity index (χ4v) is 4.69. The number of methoxy groups -OCH3 is 1. The molecule has 1 aliphatic heterocycles. The van der Waals surface area contributed by atoms with Gasteiger partial charge in [0, 0.05) is 12.2 Å². The van der Waals surface area contributed by atoms with Crippen molar-refractivity contribution in [3.05, 3.63) is 86.9 Å². The molecule has 13 nitrogen and oxygen atoms in total. The number of benzene rings is 3. The third kappa shape index (κ3) is 6.48. The number of rotatable bonds is 11. The highest BCUT2D eigenvalue weighted by Gasteiger charge is 2.33. The zero-order valence-electron chi connectivity index (χ0n) is 22.3. The maximum Gasteiger partial charge on any atom is 0.200 e. The van der Waals surface area contributed by atoms with Crippen LogP contribution in [0.4, 0.5) is 17.1 Å². The van der Waals surface area contributed by atoms with E-state index in [0.29, 0.717) is 37.5 Å². The van der Waals surface area contributed by atoms with Gasteiger partial charge in [0.25, 0.3) is 0 Å². The molecule has 1 heterocycles. The molecule has 0 bridgehead atoms. The highest BCUT2D eigenvalue weighted by Crippen LogP contribution is 2.45. The maximum atomic E-state index is 12.0. The molecular weight excluding hydrogens is 524 g/mol. The quantitative estimate of drug-likeness (QED) is 0.261. The summed E-state index contributed by atoms with van der Waals surface area (Å²) in [5.74, 6) is 0.815. The molecule has 0 spiro atoms. The number of fused-ring (bicyclic) bond motifs is 1. The molecule has 40 heavy (non-hydrogen) atoms. The molecule has 0 aromatic heterocycles. The Kier molecular flexibility index (Phi) is 9.17. The van der Waals surface area contributed by atoms with Crippen molar-refractivity contribution < 1.29 is 29.9 Å². The number of hydrogen-bond acceptors (Lipinski definition) is 13. The summed E-state index contributed by atoms with van der Waals surface area (Å²) < 4.78 is 11.7. The maximum absolute atomic E-state index is 12.0. The monoisotopic (exact) mass is 555 g/mol. The molecule has 3 aromatic carbocycles. The lowest BCUT2D eigenvalue weighted by Crippen LogP contribution is -2.39. The minimum atomic E-state index is -0.840. The molecule has 0 radical (unpaired) electrons. The summed E-state index contributed by atoms with van der Waals surface area (Å²) >= 11 is 0. The predicted octanol–water partition coefficient (Wildman–Crippen LogP) is 5.29. The van der Waals surface area contributed by atoms with Gasteiger partial charge < -0.3 is 40.4 Å². The molecule has 0 aliphatic carbocycles. The van der Waals surface area contributed by atoms with Crippen molar-refractivity contribution >= 4 is 17.1 Å². The van der Waals surface area contributed by atoms with Crippen LogP contribution in [-0.2, 0) is 13.0 Å². The Morgan fingerprint density at radius 2 is 1.68 bits per heavy atom. The van der Waals surface area contributed by atoms with E-state index in [9.17, 15) is 31.2 Å². The number of anilines is 3. The highest BCUT2D eigenvalue weighted by molar-refractivity contribution is 5.78. The molecule has 4 rings (SSSR count). The SMILES string of the molecule is COc1cc2c(cc1OCc1ccccc1)C(CC(C)C)N(Oc1c(N([O-])O)cc(N([O-])[O-])cc1N(O)O)CC2. The van der Waals surface area contributed by atoms with E-state index in [0.717, 1.165) is 28.8 Å². The molecule has 216 valence electrons. The average molecular weight is 556 g/mol. The second-order valence-electron chi connectivity index (χ2n) is 9.74. The summed E-state index contributed by atoms with van der Waals surface area (Å²) in [6, 6.07) is 14.7. The Morgan fingerprint density at radius 1 is 0.975 bits per heavy atom. The van der Waals surface area contributed by atoms with Crippen molar-refractivity contribution in [1.82, 2.24) is 5.06 Å². The first-order valence-corrected chi connectivity index (χ1v) is 12.6. The zero-order chi connectivity index (χ0) is 29.0. The molecule has 3 N–H and O–H groups in total. The second kappa shape index (κ2) is 12.6. The van der Waals surface area contributed by atoms with Gasteiger partial charge in [-0.25, -0.2) is 0 Å². The van der Waals surface area contributed by atoms with Crippen LogP contribution in [0.2, 0.25) is 0 Å². The fraction of sp³-hybridized carbons (Fsp3) is 0.333. The normalized spacial score (nSPS) is 15.0. The van der Waals surface area contributed by atoms with Crippen molar-refractivity contribution in [2.24, 2.45) is 5.92 Å². The average Bonchev–Trinajstić information content (AvgIpc) is 2.92. The molecule has 0 saturated heterocycles. The molecule has 13 heteroatoms. The summed E-state index contributed by atoms with van der Waals surface area (Å²) in [7, 11) is 1.57. The lowest BCUT2D eigenvalue weighted by Gasteiger charge is -2.41. The minimum absolute atomic E-state index is 0.190. The van der Waals surface area contributed by atoms with Crippen molar-refractivity contribution in [2.45, 2.75) is 39.3 Å². The Labute approximate surface area is 231 Å². The number of nitrogens with zero attached hydrogens (tertiary/aromatic N) is 4. The van der Waals surface area contributed by atoms with E-state index >= 15 is 0 Å². The van der Waals surface area contributed by atoms with Crippen LogP contribution in [0, 0.1) is 21.5 Å². The molecule has 0 amide bonds. The predicted molar refractivity (Wildman–Crippen MR) is 146 cm³/mol. The second-order valence-corrected chi connectivity index (χ2v) is 9.74. The number of hydrogen-bond donors (Lipinski definition) is 3. The Balaban J connectivity index is 1.73. The lowest BCUT2D eigenvalue weighted by atomic mass is 9.88.